The molecule has 0 aliphatic carbocycles. The minimum absolute atomic E-state index is 0. The summed E-state index contributed by atoms with van der Waals surface area (Å²) < 4.78 is 26.5. The van der Waals surface area contributed by atoms with Gasteiger partial charge in [-0.05, 0) is 204 Å². The van der Waals surface area contributed by atoms with Crippen molar-refractivity contribution in [3.05, 3.63) is 304 Å². The third kappa shape index (κ3) is 31.6. The van der Waals surface area contributed by atoms with Crippen LogP contribution in [-0.2, 0) is 83.1 Å². The molecule has 9 aromatic carbocycles. The van der Waals surface area contributed by atoms with Gasteiger partial charge in [0.15, 0.2) is 0 Å². The molecule has 9 rings (SSSR count). The molecule has 0 amide bonds. The molecule has 0 bridgehead atoms. The second-order valence-corrected chi connectivity index (χ2v) is 22.4. The molecule has 0 saturated carbocycles. The molecule has 0 atom stereocenters. The predicted molar refractivity (Wildman–Crippen MR) is 397 cm³/mol. The molecule has 0 aliphatic heterocycles. The molecule has 0 radical (unpaired) electrons. The number of aliphatic carboxylic acids is 2. The molecule has 100 heavy (non-hydrogen) atoms. The molecule has 13 nitrogen and oxygen atoms in total. The topological polar surface area (TPSA) is 183 Å². The molecule has 0 aromatic heterocycles. The standard InChI is InChI=1S/C44H43NO4.C26H27NO4.C9H9Cl.CH3F.CH2O3.2CH4.2K.H/c1-5-34-8-12-38(13-9-34)30-48-43(46)27-20-36-16-23-40(24-17-36)45(42-22-7-32(3)33(4)29-42)41-25-18-37(19-26-41)21-28-44(47)49-31-39-14-10-35(6-2)11-15-39;1-18-3-10-24(17-19(18)2)27(22-11-4-20(5-12-22)8-15-25(28)29)23-13-6-21(7-14-23)9-16-26(30)31;1-2-8-3-5-9(7-10)6-4-8;1-2;2-1-4-3;;;;;/h5-19,22-26,29H,1-2,20-21,27-28,30-31H2,3-4H3;3-7,10-14,17H,8-9,15-16H2,1-2H3,(H,28,29)(H,30,31);2-6H,1,7H2;1H3;1,3H;2*1H4;;;/q;;;;;;;2*+1;-1/p-1/i;;;1D;;;;;;. The number of esters is 2. The first-order valence-electron chi connectivity index (χ1n) is 31.7. The molecule has 0 fully saturated rings. The van der Waals surface area contributed by atoms with Crippen LogP contribution in [0, 0.1) is 27.7 Å². The summed E-state index contributed by atoms with van der Waals surface area (Å²) in [6.07, 6.45) is 8.41. The van der Waals surface area contributed by atoms with Crippen molar-refractivity contribution in [2.75, 3.05) is 17.0 Å². The Hall–Kier alpha value is -7.40. The average molecular weight is 1430 g/mol. The Labute approximate surface area is 684 Å². The summed E-state index contributed by atoms with van der Waals surface area (Å²) >= 11 is 5.60. The number of aryl methyl sites for hydroxylation is 8. The Balaban J connectivity index is 0.00000164. The SMILES string of the molecule is C.C.C=Cc1ccc(CCl)cc1.C=Cc1ccc(COC(=O)CCc2ccc(N(c3ccc(CCC(=O)OCc4ccc(C=C)cc4)cc3)c3ccc(C)c(C)c3)cc2)cc1.Cc1ccc(N(c2ccc(CCC(=O)O)cc2)c2ccc(CCC(=O)O)cc2)cc1C.O=CO[O-].[2H]CF.[H-].[K+].[K+]. The Kier molecular flexibility index (Phi) is 44.4. The molecular weight excluding hydrogens is 1330 g/mol. The number of carboxylic acid groups (broad SMARTS) is 2. The zero-order valence-corrected chi connectivity index (χ0v) is 63.8. The van der Waals surface area contributed by atoms with Crippen molar-refractivity contribution >= 4 is 94.3 Å². The van der Waals surface area contributed by atoms with Gasteiger partial charge in [0.25, 0.3) is 6.47 Å². The number of nitrogens with zero attached hydrogens (tertiary/aromatic N) is 2. The summed E-state index contributed by atoms with van der Waals surface area (Å²) in [7, 11) is -1.00. The van der Waals surface area contributed by atoms with Gasteiger partial charge < -0.3 is 41.1 Å². The van der Waals surface area contributed by atoms with Gasteiger partial charge in [-0.3, -0.25) is 28.4 Å². The van der Waals surface area contributed by atoms with Gasteiger partial charge in [0.2, 0.25) is 0 Å². The minimum atomic E-state index is -1.00. The van der Waals surface area contributed by atoms with E-state index >= 15 is 0 Å². The van der Waals surface area contributed by atoms with E-state index in [2.05, 4.69) is 147 Å². The van der Waals surface area contributed by atoms with E-state index in [0.29, 0.717) is 44.4 Å². The van der Waals surface area contributed by atoms with Gasteiger partial charge in [0.1, 0.15) is 13.2 Å². The molecule has 0 saturated heterocycles. The zero-order chi connectivity index (χ0) is 70.5. The number of hydrogen-bond donors (Lipinski definition) is 2. The number of rotatable bonds is 27. The van der Waals surface area contributed by atoms with Gasteiger partial charge in [0, 0.05) is 65.7 Å². The maximum Gasteiger partial charge on any atom is 1.00 e. The first-order valence-corrected chi connectivity index (χ1v) is 31.5. The Morgan fingerprint density at radius 3 is 0.920 bits per heavy atom. The summed E-state index contributed by atoms with van der Waals surface area (Å²) in [4.78, 5) is 62.2. The van der Waals surface area contributed by atoms with Crippen LogP contribution < -0.4 is 118 Å². The maximum absolute atomic E-state index is 12.5. The molecule has 516 valence electrons. The van der Waals surface area contributed by atoms with Gasteiger partial charge in [0.05, 0.1) is 8.52 Å². The molecule has 0 heterocycles. The van der Waals surface area contributed by atoms with Crippen LogP contribution in [-0.4, -0.2) is 47.7 Å². The molecule has 9 aromatic rings. The van der Waals surface area contributed by atoms with Crippen molar-refractivity contribution in [2.24, 2.45) is 0 Å². The van der Waals surface area contributed by atoms with E-state index in [1.165, 1.54) is 22.3 Å². The summed E-state index contributed by atoms with van der Waals surface area (Å²) in [5.41, 5.74) is 21.2. The molecule has 2 N–H and O–H groups in total. The quantitative estimate of drug-likeness (QED) is 0.0124. The smallest absolute Gasteiger partial charge is 1.00 e. The van der Waals surface area contributed by atoms with Crippen molar-refractivity contribution in [3.8, 4) is 0 Å². The van der Waals surface area contributed by atoms with Crippen LogP contribution in [0.5, 0.6) is 0 Å². The molecule has 0 spiro atoms. The van der Waals surface area contributed by atoms with Gasteiger partial charge in [-0.1, -0.05) is 186 Å². The first-order chi connectivity index (χ1) is 46.8. The van der Waals surface area contributed by atoms with Crippen LogP contribution in [0.2, 0.25) is 0 Å². The van der Waals surface area contributed by atoms with Crippen LogP contribution in [0.1, 0.15) is 121 Å². The fourth-order valence-electron chi connectivity index (χ4n) is 9.58. The number of carbonyl (C=O) groups excluding carboxylic acids is 3. The monoisotopic (exact) mass is 1430 g/mol. The minimum Gasteiger partial charge on any atom is -1.00 e. The Bertz CT molecular complexity index is 3790. The number of anilines is 6. The van der Waals surface area contributed by atoms with E-state index in [1.54, 1.807) is 12.2 Å². The summed E-state index contributed by atoms with van der Waals surface area (Å²) in [5, 5.41) is 26.3. The predicted octanol–water partition coefficient (Wildman–Crippen LogP) is 13.7. The average Bonchev–Trinajstić information content (AvgIpc) is 0.807. The van der Waals surface area contributed by atoms with Crippen molar-refractivity contribution in [1.82, 2.24) is 0 Å². The van der Waals surface area contributed by atoms with E-state index in [-0.39, 0.29) is 164 Å². The van der Waals surface area contributed by atoms with Crippen molar-refractivity contribution in [2.45, 2.75) is 113 Å². The molecule has 0 aliphatic rings. The van der Waals surface area contributed by atoms with Crippen molar-refractivity contribution in [3.63, 3.8) is 0 Å². The molecule has 0 unspecified atom stereocenters. The van der Waals surface area contributed by atoms with E-state index in [0.717, 1.165) is 89.8 Å². The molecule has 17 heteroatoms. The molecular formula is C83H92ClFK2N2O11. The Morgan fingerprint density at radius 2 is 0.690 bits per heavy atom. The van der Waals surface area contributed by atoms with Gasteiger partial charge >= 0.3 is 127 Å². The van der Waals surface area contributed by atoms with E-state index in [4.69, 9.17) is 42.7 Å². The van der Waals surface area contributed by atoms with Crippen LogP contribution in [0.3, 0.4) is 0 Å². The van der Waals surface area contributed by atoms with Crippen LogP contribution in [0.25, 0.3) is 18.2 Å². The summed E-state index contributed by atoms with van der Waals surface area (Å²) in [6, 6.07) is 68.9. The second kappa shape index (κ2) is 50.0. The van der Waals surface area contributed by atoms with E-state index in [1.807, 2.05) is 127 Å². The fraction of sp³-hybridized carbons (Fsp3) is 0.217. The normalized spacial score (nSPS) is 9.85. The summed E-state index contributed by atoms with van der Waals surface area (Å²) in [5.74, 6) is -1.47. The number of carbonyl (C=O) groups is 5. The van der Waals surface area contributed by atoms with Gasteiger partial charge in [-0.15, -0.1) is 11.6 Å². The van der Waals surface area contributed by atoms with E-state index in [9.17, 15) is 23.6 Å². The number of halogens is 2. The zero-order valence-electron chi connectivity index (χ0n) is 58.8. The van der Waals surface area contributed by atoms with Gasteiger partial charge in [-0.2, -0.15) is 0 Å². The van der Waals surface area contributed by atoms with Gasteiger partial charge in [-0.25, -0.2) is 0 Å². The largest absolute Gasteiger partial charge is 1.00 e. The number of ether oxygens (including phenoxy) is 2. The first kappa shape index (κ1) is 88.7. The van der Waals surface area contributed by atoms with Crippen molar-refractivity contribution in [1.29, 1.82) is 0 Å². The van der Waals surface area contributed by atoms with Crippen LogP contribution in [0.15, 0.2) is 226 Å². The number of benzene rings is 9. The third-order valence-electron chi connectivity index (χ3n) is 15.4. The van der Waals surface area contributed by atoms with Crippen LogP contribution >= 0.6 is 11.6 Å². The van der Waals surface area contributed by atoms with Crippen LogP contribution in [0.4, 0.5) is 38.5 Å². The third-order valence-corrected chi connectivity index (χ3v) is 15.7. The Morgan fingerprint density at radius 1 is 0.450 bits per heavy atom. The van der Waals surface area contributed by atoms with Crippen molar-refractivity contribution < 1.29 is 164 Å². The maximum atomic E-state index is 12.5. The fourth-order valence-corrected chi connectivity index (χ4v) is 9.76. The number of alkyl halides is 2. The second-order valence-electron chi connectivity index (χ2n) is 22.1. The summed E-state index contributed by atoms with van der Waals surface area (Å²) in [6.45, 7) is 19.9. The number of hydrogen-bond acceptors (Lipinski definition) is 11. The van der Waals surface area contributed by atoms with E-state index < -0.39 is 19.1 Å². The number of carboxylic acids is 2.